The molecule has 0 aromatic heterocycles. The summed E-state index contributed by atoms with van der Waals surface area (Å²) in [5.74, 6) is 0. The van der Waals surface area contributed by atoms with Gasteiger partial charge in [-0.25, -0.2) is 0 Å². The highest BCUT2D eigenvalue weighted by atomic mass is 31.1. The van der Waals surface area contributed by atoms with Crippen LogP contribution in [0.3, 0.4) is 0 Å². The Kier molecular flexibility index (Phi) is 5.09. The summed E-state index contributed by atoms with van der Waals surface area (Å²) in [5, 5.41) is 0. The predicted molar refractivity (Wildman–Crippen MR) is 34.3 cm³/mol. The second-order valence-corrected chi connectivity index (χ2v) is 3.10. The Hall–Kier alpha value is -0.0200. The molecule has 0 aromatic rings. The van der Waals surface area contributed by atoms with Crippen molar-refractivity contribution in [1.82, 2.24) is 0 Å². The Balaban J connectivity index is 0. The highest BCUT2D eigenvalue weighted by Gasteiger charge is 2.24. The first-order valence-electron chi connectivity index (χ1n) is 2.27. The molecular formula is C4H12O4P+. The van der Waals surface area contributed by atoms with Crippen LogP contribution in [-0.4, -0.2) is 16.0 Å². The van der Waals surface area contributed by atoms with Gasteiger partial charge in [0, 0.05) is 4.57 Å². The minimum atomic E-state index is -2.44. The molecule has 3 N–H and O–H groups in total. The van der Waals surface area contributed by atoms with E-state index >= 15 is 0 Å². The van der Waals surface area contributed by atoms with E-state index in [2.05, 4.69) is 4.52 Å². The maximum Gasteiger partial charge on any atom is 0.695 e. The average molecular weight is 155 g/mol. The molecular weight excluding hydrogens is 143 g/mol. The Bertz CT molecular complexity index is 95.2. The minimum Gasteiger partial charge on any atom is -0.412 e. The van der Waals surface area contributed by atoms with Crippen LogP contribution in [0.4, 0.5) is 0 Å². The summed E-state index contributed by atoms with van der Waals surface area (Å²) >= 11 is 0. The van der Waals surface area contributed by atoms with Crippen molar-refractivity contribution in [2.45, 2.75) is 26.4 Å². The van der Waals surface area contributed by atoms with Crippen LogP contribution in [0.5, 0.6) is 0 Å². The normalized spacial score (nSPS) is 12.2. The van der Waals surface area contributed by atoms with E-state index < -0.39 is 13.9 Å². The second-order valence-electron chi connectivity index (χ2n) is 2.44. The lowest BCUT2D eigenvalue weighted by atomic mass is 10.2. The highest BCUT2D eigenvalue weighted by Crippen LogP contribution is 2.24. The van der Waals surface area contributed by atoms with E-state index in [9.17, 15) is 4.57 Å². The fourth-order valence-electron chi connectivity index (χ4n) is 0.234. The Morgan fingerprint density at radius 2 is 1.78 bits per heavy atom. The molecule has 1 unspecified atom stereocenters. The number of hydrogen-bond donors (Lipinski definition) is 1. The van der Waals surface area contributed by atoms with Gasteiger partial charge in [-0.05, 0) is 20.8 Å². The summed E-state index contributed by atoms with van der Waals surface area (Å²) < 4.78 is 14.4. The van der Waals surface area contributed by atoms with Gasteiger partial charge in [0.15, 0.2) is 0 Å². The Morgan fingerprint density at radius 1 is 1.44 bits per heavy atom. The standard InChI is InChI=1S/C4H9O3P.H2O/c1-4(2,3)7-8(5)6;/h1-3H3;1H2/p+1. The zero-order valence-electron chi connectivity index (χ0n) is 5.71. The van der Waals surface area contributed by atoms with E-state index in [0.29, 0.717) is 0 Å². The van der Waals surface area contributed by atoms with E-state index in [4.69, 9.17) is 4.89 Å². The van der Waals surface area contributed by atoms with Gasteiger partial charge in [0.05, 0.1) is 0 Å². The van der Waals surface area contributed by atoms with Gasteiger partial charge >= 0.3 is 8.25 Å². The lowest BCUT2D eigenvalue weighted by molar-refractivity contribution is 0.123. The third kappa shape index (κ3) is 11.5. The van der Waals surface area contributed by atoms with Crippen molar-refractivity contribution in [2.24, 2.45) is 0 Å². The first-order valence-corrected chi connectivity index (χ1v) is 3.40. The topological polar surface area (TPSA) is 78.0 Å². The van der Waals surface area contributed by atoms with E-state index in [1.807, 2.05) is 0 Å². The van der Waals surface area contributed by atoms with E-state index in [1.165, 1.54) is 0 Å². The summed E-state index contributed by atoms with van der Waals surface area (Å²) in [4.78, 5) is 8.18. The molecule has 0 aliphatic carbocycles. The maximum absolute atomic E-state index is 9.94. The first-order chi connectivity index (χ1) is 3.42. The van der Waals surface area contributed by atoms with Crippen molar-refractivity contribution in [3.05, 3.63) is 0 Å². The predicted octanol–water partition coefficient (Wildman–Crippen LogP) is 0.626. The fraction of sp³-hybridized carbons (Fsp3) is 1.00. The van der Waals surface area contributed by atoms with Crippen LogP contribution < -0.4 is 0 Å². The second kappa shape index (κ2) is 3.90. The quantitative estimate of drug-likeness (QED) is 0.564. The molecule has 0 saturated heterocycles. The van der Waals surface area contributed by atoms with Gasteiger partial charge in [-0.1, -0.05) is 0 Å². The van der Waals surface area contributed by atoms with Crippen molar-refractivity contribution < 1.29 is 19.5 Å². The molecule has 9 heavy (non-hydrogen) atoms. The van der Waals surface area contributed by atoms with E-state index in [-0.39, 0.29) is 5.48 Å². The Labute approximate surface area is 55.1 Å². The highest BCUT2D eigenvalue weighted by molar-refractivity contribution is 7.32. The molecule has 5 heteroatoms. The minimum absolute atomic E-state index is 0. The van der Waals surface area contributed by atoms with Gasteiger partial charge in [0.1, 0.15) is 5.60 Å². The zero-order valence-corrected chi connectivity index (χ0v) is 6.61. The van der Waals surface area contributed by atoms with Crippen LogP contribution in [-0.2, 0) is 9.09 Å². The van der Waals surface area contributed by atoms with Gasteiger partial charge in [-0.3, -0.25) is 0 Å². The Morgan fingerprint density at radius 3 is 1.78 bits per heavy atom. The van der Waals surface area contributed by atoms with Crippen molar-refractivity contribution in [2.75, 3.05) is 0 Å². The van der Waals surface area contributed by atoms with Crippen LogP contribution in [0.15, 0.2) is 0 Å². The smallest absolute Gasteiger partial charge is 0.412 e. The molecule has 0 amide bonds. The lowest BCUT2D eigenvalue weighted by Gasteiger charge is -2.06. The maximum atomic E-state index is 9.94. The molecule has 0 radical (unpaired) electrons. The summed E-state index contributed by atoms with van der Waals surface area (Å²) in [5.41, 5.74) is -0.512. The van der Waals surface area contributed by atoms with Crippen LogP contribution in [0.1, 0.15) is 20.8 Å². The summed E-state index contributed by atoms with van der Waals surface area (Å²) in [6.45, 7) is 5.16. The van der Waals surface area contributed by atoms with Gasteiger partial charge in [-0.15, -0.1) is 9.42 Å². The molecule has 0 rings (SSSR count). The molecule has 0 bridgehead atoms. The molecule has 1 atom stereocenters. The molecule has 0 spiro atoms. The molecule has 0 saturated carbocycles. The van der Waals surface area contributed by atoms with Gasteiger partial charge in [0.25, 0.3) is 0 Å². The molecule has 0 aliphatic rings. The van der Waals surface area contributed by atoms with E-state index in [0.717, 1.165) is 0 Å². The first kappa shape index (κ1) is 11.7. The largest absolute Gasteiger partial charge is 0.695 e. The monoisotopic (exact) mass is 155 g/mol. The molecule has 56 valence electrons. The number of rotatable bonds is 1. The van der Waals surface area contributed by atoms with Crippen molar-refractivity contribution in [3.8, 4) is 0 Å². The third-order valence-corrected chi connectivity index (χ3v) is 1.06. The molecule has 4 nitrogen and oxygen atoms in total. The summed E-state index contributed by atoms with van der Waals surface area (Å²) in [6, 6.07) is 0. The fourth-order valence-corrected chi connectivity index (χ4v) is 0.703. The van der Waals surface area contributed by atoms with Crippen LogP contribution in [0, 0.1) is 0 Å². The van der Waals surface area contributed by atoms with Gasteiger partial charge < -0.3 is 5.48 Å². The van der Waals surface area contributed by atoms with Crippen molar-refractivity contribution >= 4 is 8.25 Å². The molecule has 0 aromatic carbocycles. The van der Waals surface area contributed by atoms with Gasteiger partial charge in [0.2, 0.25) is 0 Å². The summed E-state index contributed by atoms with van der Waals surface area (Å²) in [6.07, 6.45) is 0. The van der Waals surface area contributed by atoms with E-state index in [1.54, 1.807) is 20.8 Å². The zero-order chi connectivity index (χ0) is 6.78. The summed E-state index contributed by atoms with van der Waals surface area (Å²) in [7, 11) is -2.44. The number of hydrogen-bond acceptors (Lipinski definition) is 2. The average Bonchev–Trinajstić information content (AvgIpc) is 1.21. The molecule has 0 heterocycles. The van der Waals surface area contributed by atoms with Crippen LogP contribution in [0.25, 0.3) is 0 Å². The SMILES string of the molecule is CC(C)(C)O[P+](=O)O.O. The third-order valence-electron chi connectivity index (χ3n) is 0.352. The van der Waals surface area contributed by atoms with Gasteiger partial charge in [-0.2, -0.15) is 0 Å². The van der Waals surface area contributed by atoms with Crippen molar-refractivity contribution in [3.63, 3.8) is 0 Å². The van der Waals surface area contributed by atoms with Crippen LogP contribution in [0.2, 0.25) is 0 Å². The van der Waals surface area contributed by atoms with Crippen molar-refractivity contribution in [1.29, 1.82) is 0 Å². The molecule has 0 fully saturated rings. The van der Waals surface area contributed by atoms with Crippen LogP contribution >= 0.6 is 8.25 Å². The molecule has 0 aliphatic heterocycles. The lowest BCUT2D eigenvalue weighted by Crippen LogP contribution is -2.14.